The Labute approximate surface area is 95.0 Å². The Bertz CT molecular complexity index is 223. The molecule has 0 saturated heterocycles. The lowest BCUT2D eigenvalue weighted by Gasteiger charge is -2.33. The van der Waals surface area contributed by atoms with Crippen LogP contribution in [0, 0.1) is 23.2 Å². The summed E-state index contributed by atoms with van der Waals surface area (Å²) in [6.45, 7) is 10.7. The van der Waals surface area contributed by atoms with Crippen LogP contribution < -0.4 is 5.32 Å². The lowest BCUT2D eigenvalue weighted by atomic mass is 9.73. The SMILES string of the molecule is CC(C)NCC1CC12CCC(C)C(C)C2. The third-order valence-electron chi connectivity index (χ3n) is 4.93. The van der Waals surface area contributed by atoms with Crippen molar-refractivity contribution >= 4 is 0 Å². The number of hydrogen-bond acceptors (Lipinski definition) is 1. The highest BCUT2D eigenvalue weighted by atomic mass is 14.9. The fourth-order valence-electron chi connectivity index (χ4n) is 3.40. The molecule has 0 heterocycles. The van der Waals surface area contributed by atoms with Crippen LogP contribution in [0.2, 0.25) is 0 Å². The first kappa shape index (κ1) is 11.4. The van der Waals surface area contributed by atoms with Crippen LogP contribution in [-0.4, -0.2) is 12.6 Å². The average Bonchev–Trinajstić information content (AvgIpc) is 2.83. The van der Waals surface area contributed by atoms with Gasteiger partial charge in [-0.15, -0.1) is 0 Å². The molecule has 0 radical (unpaired) electrons. The van der Waals surface area contributed by atoms with E-state index in [2.05, 4.69) is 33.0 Å². The largest absolute Gasteiger partial charge is 0.314 e. The molecule has 2 aliphatic rings. The van der Waals surface area contributed by atoms with Crippen molar-refractivity contribution in [3.8, 4) is 0 Å². The second-order valence-corrected chi connectivity index (χ2v) is 6.52. The molecule has 0 aromatic heterocycles. The highest BCUT2D eigenvalue weighted by Gasteiger charge is 2.55. The van der Waals surface area contributed by atoms with E-state index < -0.39 is 0 Å². The zero-order valence-electron chi connectivity index (χ0n) is 10.8. The van der Waals surface area contributed by atoms with Crippen LogP contribution in [0.15, 0.2) is 0 Å². The fraction of sp³-hybridized carbons (Fsp3) is 1.00. The van der Waals surface area contributed by atoms with Gasteiger partial charge in [0.1, 0.15) is 0 Å². The summed E-state index contributed by atoms with van der Waals surface area (Å²) in [6, 6.07) is 0.655. The average molecular weight is 209 g/mol. The van der Waals surface area contributed by atoms with Crippen molar-refractivity contribution in [1.82, 2.24) is 5.32 Å². The third kappa shape index (κ3) is 2.38. The first-order chi connectivity index (χ1) is 7.03. The topological polar surface area (TPSA) is 12.0 Å². The number of nitrogens with one attached hydrogen (secondary N) is 1. The standard InChI is InChI=1S/C14H27N/c1-10(2)15-9-13-8-14(13)6-5-11(3)12(4)7-14/h10-13,15H,5-9H2,1-4H3. The Morgan fingerprint density at radius 2 is 1.93 bits per heavy atom. The van der Waals surface area contributed by atoms with Crippen LogP contribution in [-0.2, 0) is 0 Å². The van der Waals surface area contributed by atoms with Crippen LogP contribution in [0.5, 0.6) is 0 Å². The summed E-state index contributed by atoms with van der Waals surface area (Å²) in [5, 5.41) is 3.61. The molecule has 4 atom stereocenters. The molecule has 0 amide bonds. The molecule has 2 rings (SSSR count). The predicted octanol–water partition coefficient (Wildman–Crippen LogP) is 3.45. The molecule has 4 unspecified atom stereocenters. The molecule has 88 valence electrons. The lowest BCUT2D eigenvalue weighted by Crippen LogP contribution is -2.29. The van der Waals surface area contributed by atoms with Gasteiger partial charge in [-0.25, -0.2) is 0 Å². The molecule has 1 heteroatoms. The second-order valence-electron chi connectivity index (χ2n) is 6.52. The van der Waals surface area contributed by atoms with Gasteiger partial charge < -0.3 is 5.32 Å². The Hall–Kier alpha value is -0.0400. The minimum Gasteiger partial charge on any atom is -0.314 e. The first-order valence-electron chi connectivity index (χ1n) is 6.77. The first-order valence-corrected chi connectivity index (χ1v) is 6.77. The van der Waals surface area contributed by atoms with E-state index in [4.69, 9.17) is 0 Å². The fourth-order valence-corrected chi connectivity index (χ4v) is 3.40. The van der Waals surface area contributed by atoms with Crippen molar-refractivity contribution < 1.29 is 0 Å². The summed E-state index contributed by atoms with van der Waals surface area (Å²) in [5.41, 5.74) is 0.772. The van der Waals surface area contributed by atoms with Crippen molar-refractivity contribution in [3.05, 3.63) is 0 Å². The van der Waals surface area contributed by atoms with Gasteiger partial charge in [0.25, 0.3) is 0 Å². The van der Waals surface area contributed by atoms with Gasteiger partial charge in [0.05, 0.1) is 0 Å². The van der Waals surface area contributed by atoms with Crippen LogP contribution in [0.25, 0.3) is 0 Å². The molecule has 1 nitrogen and oxygen atoms in total. The van der Waals surface area contributed by atoms with Gasteiger partial charge in [-0.2, -0.15) is 0 Å². The molecule has 0 bridgehead atoms. The molecule has 2 aliphatic carbocycles. The smallest absolute Gasteiger partial charge is 0.00104 e. The van der Waals surface area contributed by atoms with Crippen molar-refractivity contribution in [2.45, 2.75) is 59.4 Å². The van der Waals surface area contributed by atoms with Gasteiger partial charge in [-0.05, 0) is 55.4 Å². The van der Waals surface area contributed by atoms with Crippen molar-refractivity contribution in [2.75, 3.05) is 6.54 Å². The second kappa shape index (κ2) is 4.08. The highest BCUT2D eigenvalue weighted by molar-refractivity contribution is 5.06. The van der Waals surface area contributed by atoms with Gasteiger partial charge >= 0.3 is 0 Å². The maximum atomic E-state index is 3.61. The molecule has 0 aliphatic heterocycles. The van der Waals surface area contributed by atoms with Crippen LogP contribution in [0.3, 0.4) is 0 Å². The lowest BCUT2D eigenvalue weighted by molar-refractivity contribution is 0.177. The van der Waals surface area contributed by atoms with Crippen molar-refractivity contribution in [3.63, 3.8) is 0 Å². The van der Waals surface area contributed by atoms with Gasteiger partial charge in [-0.3, -0.25) is 0 Å². The van der Waals surface area contributed by atoms with E-state index in [9.17, 15) is 0 Å². The minimum atomic E-state index is 0.655. The molecule has 1 spiro atoms. The van der Waals surface area contributed by atoms with Crippen LogP contribution in [0.1, 0.15) is 53.4 Å². The quantitative estimate of drug-likeness (QED) is 0.750. The van der Waals surface area contributed by atoms with Crippen molar-refractivity contribution in [1.29, 1.82) is 0 Å². The number of rotatable bonds is 3. The molecule has 0 aromatic carbocycles. The molecule has 1 N–H and O–H groups in total. The summed E-state index contributed by atoms with van der Waals surface area (Å²) in [4.78, 5) is 0. The zero-order chi connectivity index (χ0) is 11.1. The third-order valence-corrected chi connectivity index (χ3v) is 4.93. The molecular weight excluding hydrogens is 182 g/mol. The summed E-state index contributed by atoms with van der Waals surface area (Å²) in [6.07, 6.45) is 5.98. The van der Waals surface area contributed by atoms with E-state index in [1.165, 1.54) is 32.2 Å². The van der Waals surface area contributed by atoms with E-state index in [0.717, 1.165) is 23.2 Å². The summed E-state index contributed by atoms with van der Waals surface area (Å²) >= 11 is 0. The Balaban J connectivity index is 1.80. The van der Waals surface area contributed by atoms with E-state index in [1.54, 1.807) is 0 Å². The Kier molecular flexibility index (Phi) is 3.12. The summed E-state index contributed by atoms with van der Waals surface area (Å²) < 4.78 is 0. The highest BCUT2D eigenvalue weighted by Crippen LogP contribution is 2.62. The van der Waals surface area contributed by atoms with Crippen LogP contribution >= 0.6 is 0 Å². The van der Waals surface area contributed by atoms with Gasteiger partial charge in [0.15, 0.2) is 0 Å². The van der Waals surface area contributed by atoms with Gasteiger partial charge in [0.2, 0.25) is 0 Å². The van der Waals surface area contributed by atoms with E-state index in [1.807, 2.05) is 0 Å². The molecule has 2 fully saturated rings. The normalized spacial score (nSPS) is 45.0. The molecule has 2 saturated carbocycles. The van der Waals surface area contributed by atoms with Crippen molar-refractivity contribution in [2.24, 2.45) is 23.2 Å². The number of hydrogen-bond donors (Lipinski definition) is 1. The summed E-state index contributed by atoms with van der Waals surface area (Å²) in [7, 11) is 0. The molecule has 15 heavy (non-hydrogen) atoms. The van der Waals surface area contributed by atoms with Crippen LogP contribution in [0.4, 0.5) is 0 Å². The van der Waals surface area contributed by atoms with E-state index >= 15 is 0 Å². The van der Waals surface area contributed by atoms with E-state index in [-0.39, 0.29) is 0 Å². The van der Waals surface area contributed by atoms with E-state index in [0.29, 0.717) is 6.04 Å². The molecular formula is C14H27N. The zero-order valence-corrected chi connectivity index (χ0v) is 10.8. The summed E-state index contributed by atoms with van der Waals surface area (Å²) in [5.74, 6) is 2.92. The predicted molar refractivity (Wildman–Crippen MR) is 65.9 cm³/mol. The molecule has 0 aromatic rings. The van der Waals surface area contributed by atoms with Gasteiger partial charge in [0, 0.05) is 6.04 Å². The Morgan fingerprint density at radius 1 is 1.20 bits per heavy atom. The monoisotopic (exact) mass is 209 g/mol. The minimum absolute atomic E-state index is 0.655. The maximum Gasteiger partial charge on any atom is 0.00104 e. The Morgan fingerprint density at radius 3 is 2.53 bits per heavy atom. The van der Waals surface area contributed by atoms with Gasteiger partial charge in [-0.1, -0.05) is 27.7 Å². The maximum absolute atomic E-state index is 3.61.